The Kier molecular flexibility index (Phi) is 8.16. The van der Waals surface area contributed by atoms with Crippen molar-refractivity contribution >= 4 is 46.1 Å². The largest absolute Gasteiger partial charge is 0.494 e. The molecule has 3 aromatic rings. The van der Waals surface area contributed by atoms with Crippen molar-refractivity contribution in [1.29, 1.82) is 0 Å². The molecule has 0 amide bonds. The van der Waals surface area contributed by atoms with Gasteiger partial charge in [0, 0.05) is 48.7 Å². The van der Waals surface area contributed by atoms with Gasteiger partial charge in [0.25, 0.3) is 5.69 Å². The summed E-state index contributed by atoms with van der Waals surface area (Å²) in [6, 6.07) is 7.49. The van der Waals surface area contributed by atoms with E-state index >= 15 is 0 Å². The molecule has 3 heterocycles. The molecule has 2 saturated heterocycles. The third-order valence-electron chi connectivity index (χ3n) is 7.48. The Morgan fingerprint density at radius 1 is 1.20 bits per heavy atom. The zero-order valence-electron chi connectivity index (χ0n) is 23.2. The average Bonchev–Trinajstić information content (AvgIpc) is 3.35. The average molecular weight is 586 g/mol. The van der Waals surface area contributed by atoms with Gasteiger partial charge in [0.05, 0.1) is 28.3 Å². The molecule has 11 nitrogen and oxygen atoms in total. The van der Waals surface area contributed by atoms with Crippen molar-refractivity contribution in [3.63, 3.8) is 0 Å². The van der Waals surface area contributed by atoms with E-state index in [2.05, 4.69) is 30.4 Å². The van der Waals surface area contributed by atoms with E-state index in [0.29, 0.717) is 28.6 Å². The van der Waals surface area contributed by atoms with Gasteiger partial charge in [-0.15, -0.1) is 0 Å². The summed E-state index contributed by atoms with van der Waals surface area (Å²) in [5, 5.41) is 28.7. The van der Waals surface area contributed by atoms with Gasteiger partial charge >= 0.3 is 0 Å². The number of methoxy groups -OCH3 is 1. The summed E-state index contributed by atoms with van der Waals surface area (Å²) in [5.74, 6) is 0.228. The van der Waals surface area contributed by atoms with Crippen molar-refractivity contribution in [3.05, 3.63) is 63.0 Å². The van der Waals surface area contributed by atoms with Crippen molar-refractivity contribution in [2.75, 3.05) is 48.8 Å². The lowest BCUT2D eigenvalue weighted by Crippen LogP contribution is -2.46. The number of nitrogens with one attached hydrogen (secondary N) is 2. The number of nitrogens with zero attached hydrogens (tertiary/aromatic N) is 5. The predicted molar refractivity (Wildman–Crippen MR) is 156 cm³/mol. The zero-order chi connectivity index (χ0) is 29.3. The van der Waals surface area contributed by atoms with E-state index in [0.717, 1.165) is 39.0 Å². The smallest absolute Gasteiger partial charge is 0.294 e. The monoisotopic (exact) mass is 585 g/mol. The number of nitro benzene ring substituents is 1. The van der Waals surface area contributed by atoms with E-state index in [1.165, 1.54) is 51.8 Å². The lowest BCUT2D eigenvalue weighted by molar-refractivity contribution is -0.384. The minimum absolute atomic E-state index is 0.0335. The summed E-state index contributed by atoms with van der Waals surface area (Å²) in [6.07, 6.45) is 4.64. The molecule has 0 radical (unpaired) electrons. The Labute approximate surface area is 242 Å². The number of halogens is 2. The summed E-state index contributed by atoms with van der Waals surface area (Å²) in [7, 11) is 1.51. The van der Waals surface area contributed by atoms with Crippen LogP contribution in [0, 0.1) is 15.9 Å². The number of anilines is 5. The highest BCUT2D eigenvalue weighted by Crippen LogP contribution is 2.42. The van der Waals surface area contributed by atoms with E-state index in [1.807, 2.05) is 0 Å². The van der Waals surface area contributed by atoms with Crippen LogP contribution in [0.1, 0.15) is 38.7 Å². The number of likely N-dealkylation sites (tertiary alicyclic amines) is 1. The predicted octanol–water partition coefficient (Wildman–Crippen LogP) is 5.58. The molecule has 5 rings (SSSR count). The van der Waals surface area contributed by atoms with E-state index in [9.17, 15) is 19.6 Å². The maximum absolute atomic E-state index is 14.1. The second-order valence-electron chi connectivity index (χ2n) is 10.8. The Bertz CT molecular complexity index is 1450. The highest BCUT2D eigenvalue weighted by molar-refractivity contribution is 6.31. The molecule has 0 bridgehead atoms. The minimum Gasteiger partial charge on any atom is -0.494 e. The van der Waals surface area contributed by atoms with Crippen molar-refractivity contribution < 1.29 is 19.2 Å². The van der Waals surface area contributed by atoms with Crippen molar-refractivity contribution in [2.45, 2.75) is 44.8 Å². The third-order valence-corrected chi connectivity index (χ3v) is 7.77. The Morgan fingerprint density at radius 2 is 1.98 bits per heavy atom. The number of nitro groups is 1. The van der Waals surface area contributed by atoms with Gasteiger partial charge in [-0.3, -0.25) is 10.1 Å². The fraction of sp³-hybridized carbons (Fsp3) is 0.429. The maximum Gasteiger partial charge on any atom is 0.294 e. The van der Waals surface area contributed by atoms with Crippen LogP contribution in [0.5, 0.6) is 5.75 Å². The van der Waals surface area contributed by atoms with Crippen LogP contribution in [0.4, 0.5) is 38.9 Å². The first-order chi connectivity index (χ1) is 19.5. The standard InChI is InChI=1S/C28H33ClFN7O4/c1-28(2,38)18-12-20(30)19(29)13-21(18)32-26-7-8-31-27(34-26)33-22-14-24(37(39)40)23(15-25(22)41-3)36-11-4-6-17(36)16-35-9-5-10-35/h7-8,12-15,17,38H,4-6,9-11,16H2,1-3H3,(H2,31,32,33,34)/t17-/m1/s1. The van der Waals surface area contributed by atoms with Crippen molar-refractivity contribution in [2.24, 2.45) is 0 Å². The van der Waals surface area contributed by atoms with Gasteiger partial charge in [-0.2, -0.15) is 4.98 Å². The van der Waals surface area contributed by atoms with Crippen LogP contribution in [0.15, 0.2) is 36.5 Å². The number of aliphatic hydroxyl groups is 1. The highest BCUT2D eigenvalue weighted by Gasteiger charge is 2.33. The molecule has 2 aromatic carbocycles. The van der Waals surface area contributed by atoms with Gasteiger partial charge in [-0.05, 0) is 64.4 Å². The summed E-state index contributed by atoms with van der Waals surface area (Å²) in [6.45, 7) is 6.84. The molecule has 0 aliphatic carbocycles. The number of ether oxygens (including phenoxy) is 1. The van der Waals surface area contributed by atoms with Crippen molar-refractivity contribution in [1.82, 2.24) is 14.9 Å². The van der Waals surface area contributed by atoms with Crippen LogP contribution in [0.2, 0.25) is 5.02 Å². The van der Waals surface area contributed by atoms with E-state index in [4.69, 9.17) is 16.3 Å². The maximum atomic E-state index is 14.1. The normalized spacial score (nSPS) is 17.3. The zero-order valence-corrected chi connectivity index (χ0v) is 23.9. The fourth-order valence-electron chi connectivity index (χ4n) is 5.31. The first-order valence-corrected chi connectivity index (χ1v) is 13.9. The second kappa shape index (κ2) is 11.6. The molecule has 1 atom stereocenters. The number of hydrogen-bond acceptors (Lipinski definition) is 10. The van der Waals surface area contributed by atoms with Gasteiger partial charge in [-0.25, -0.2) is 9.37 Å². The molecule has 218 valence electrons. The van der Waals surface area contributed by atoms with Gasteiger partial charge in [0.1, 0.15) is 23.1 Å². The molecule has 2 aliphatic heterocycles. The molecule has 13 heteroatoms. The summed E-state index contributed by atoms with van der Waals surface area (Å²) < 4.78 is 19.8. The van der Waals surface area contributed by atoms with Gasteiger partial charge in [0.2, 0.25) is 5.95 Å². The molecule has 3 N–H and O–H groups in total. The van der Waals surface area contributed by atoms with Gasteiger partial charge in [-0.1, -0.05) is 11.6 Å². The first-order valence-electron chi connectivity index (χ1n) is 13.5. The second-order valence-corrected chi connectivity index (χ2v) is 11.2. The van der Waals surface area contributed by atoms with Crippen LogP contribution in [-0.2, 0) is 5.60 Å². The quantitative estimate of drug-likeness (QED) is 0.205. The lowest BCUT2D eigenvalue weighted by Gasteiger charge is -2.36. The lowest BCUT2D eigenvalue weighted by atomic mass is 9.96. The summed E-state index contributed by atoms with van der Waals surface area (Å²) in [5.41, 5.74) is 0.122. The molecule has 1 aromatic heterocycles. The van der Waals surface area contributed by atoms with Crippen LogP contribution in [0.3, 0.4) is 0 Å². The first kappa shape index (κ1) is 28.8. The Morgan fingerprint density at radius 3 is 2.63 bits per heavy atom. The molecular weight excluding hydrogens is 553 g/mol. The topological polar surface area (TPSA) is 129 Å². The highest BCUT2D eigenvalue weighted by atomic mass is 35.5. The number of aromatic nitrogens is 2. The van der Waals surface area contributed by atoms with Crippen LogP contribution < -0.4 is 20.3 Å². The summed E-state index contributed by atoms with van der Waals surface area (Å²) in [4.78, 5) is 25.0. The number of rotatable bonds is 10. The number of benzene rings is 2. The molecular formula is C28H33ClFN7O4. The SMILES string of the molecule is COc1cc(N2CCC[C@@H]2CN2CCC2)c([N+](=O)[O-])cc1Nc1nccc(Nc2cc(Cl)c(F)cc2C(C)(C)O)n1. The Hall–Kier alpha value is -3.74. The molecule has 0 saturated carbocycles. The van der Waals surface area contributed by atoms with E-state index in [-0.39, 0.29) is 33.2 Å². The van der Waals surface area contributed by atoms with Crippen LogP contribution in [0.25, 0.3) is 0 Å². The third kappa shape index (κ3) is 6.29. The van der Waals surface area contributed by atoms with Crippen molar-refractivity contribution in [3.8, 4) is 5.75 Å². The Balaban J connectivity index is 1.43. The molecule has 0 spiro atoms. The minimum atomic E-state index is -1.36. The number of hydrogen-bond donors (Lipinski definition) is 3. The van der Waals surface area contributed by atoms with Crippen LogP contribution in [-0.4, -0.2) is 64.2 Å². The molecule has 2 aliphatic rings. The van der Waals surface area contributed by atoms with E-state index < -0.39 is 11.4 Å². The fourth-order valence-corrected chi connectivity index (χ4v) is 5.47. The van der Waals surface area contributed by atoms with Gasteiger partial charge < -0.3 is 30.3 Å². The van der Waals surface area contributed by atoms with Gasteiger partial charge in [0.15, 0.2) is 0 Å². The van der Waals surface area contributed by atoms with Crippen LogP contribution >= 0.6 is 11.6 Å². The molecule has 2 fully saturated rings. The molecule has 0 unspecified atom stereocenters. The van der Waals surface area contributed by atoms with E-state index in [1.54, 1.807) is 12.1 Å². The molecule has 41 heavy (non-hydrogen) atoms. The summed E-state index contributed by atoms with van der Waals surface area (Å²) >= 11 is 6.00.